The second kappa shape index (κ2) is 6.93. The normalized spacial score (nSPS) is 10.6. The average Bonchev–Trinajstić information content (AvgIpc) is 3.17. The number of rotatable bonds is 4. The first-order valence-corrected chi connectivity index (χ1v) is 8.52. The number of aromatic nitrogens is 3. The van der Waals surface area contributed by atoms with Crippen LogP contribution in [-0.2, 0) is 0 Å². The molecule has 2 aromatic carbocycles. The molecule has 138 valence electrons. The Morgan fingerprint density at radius 2 is 1.79 bits per heavy atom. The number of anilines is 1. The molecule has 0 radical (unpaired) electrons. The first kappa shape index (κ1) is 17.4. The highest BCUT2D eigenvalue weighted by Gasteiger charge is 2.17. The third kappa shape index (κ3) is 2.87. The fourth-order valence-corrected chi connectivity index (χ4v) is 3.11. The summed E-state index contributed by atoms with van der Waals surface area (Å²) in [7, 11) is 3.13. The second-order valence-corrected chi connectivity index (χ2v) is 6.10. The molecule has 28 heavy (non-hydrogen) atoms. The Morgan fingerprint density at radius 3 is 2.50 bits per heavy atom. The second-order valence-electron chi connectivity index (χ2n) is 6.10. The molecule has 0 bridgehead atoms. The first-order valence-electron chi connectivity index (χ1n) is 8.52. The number of nitrogen functional groups attached to an aromatic ring is 1. The van der Waals surface area contributed by atoms with Crippen molar-refractivity contribution < 1.29 is 9.47 Å². The Balaban J connectivity index is 1.91. The molecule has 7 heteroatoms. The number of nitrogens with two attached hydrogens (primary N) is 1. The van der Waals surface area contributed by atoms with Crippen LogP contribution in [0.1, 0.15) is 5.56 Å². The number of hydrogen-bond acceptors (Lipinski definition) is 6. The van der Waals surface area contributed by atoms with Crippen molar-refractivity contribution in [1.82, 2.24) is 15.0 Å². The third-order valence-electron chi connectivity index (χ3n) is 4.49. The van der Waals surface area contributed by atoms with Gasteiger partial charge in [-0.2, -0.15) is 5.26 Å². The van der Waals surface area contributed by atoms with E-state index in [-0.39, 0.29) is 5.82 Å². The molecule has 3 N–H and O–H groups in total. The lowest BCUT2D eigenvalue weighted by atomic mass is 9.99. The van der Waals surface area contributed by atoms with Crippen LogP contribution in [-0.4, -0.2) is 29.2 Å². The van der Waals surface area contributed by atoms with E-state index < -0.39 is 0 Å². The van der Waals surface area contributed by atoms with Gasteiger partial charge in [-0.3, -0.25) is 0 Å². The molecule has 0 fully saturated rings. The molecule has 2 aromatic heterocycles. The van der Waals surface area contributed by atoms with Gasteiger partial charge in [0.05, 0.1) is 25.3 Å². The molecular weight excluding hydrogens is 354 g/mol. The number of methoxy groups -OCH3 is 2. The summed E-state index contributed by atoms with van der Waals surface area (Å²) in [6.07, 6.45) is 0. The van der Waals surface area contributed by atoms with Gasteiger partial charge in [-0.25, -0.2) is 9.97 Å². The summed E-state index contributed by atoms with van der Waals surface area (Å²) in [6, 6.07) is 17.1. The highest BCUT2D eigenvalue weighted by Crippen LogP contribution is 2.36. The molecule has 0 unspecified atom stereocenters. The van der Waals surface area contributed by atoms with Crippen LogP contribution in [0.15, 0.2) is 48.5 Å². The van der Waals surface area contributed by atoms with Gasteiger partial charge in [-0.15, -0.1) is 0 Å². The fraction of sp³-hybridized carbons (Fsp3) is 0.0952. The van der Waals surface area contributed by atoms with Gasteiger partial charge in [0.15, 0.2) is 17.3 Å². The highest BCUT2D eigenvalue weighted by molar-refractivity contribution is 5.83. The lowest BCUT2D eigenvalue weighted by Gasteiger charge is -2.12. The maximum atomic E-state index is 9.61. The molecule has 0 aliphatic carbocycles. The van der Waals surface area contributed by atoms with Gasteiger partial charge < -0.3 is 20.2 Å². The predicted octanol–water partition coefficient (Wildman–Crippen LogP) is 3.76. The van der Waals surface area contributed by atoms with Crippen LogP contribution in [0.3, 0.4) is 0 Å². The van der Waals surface area contributed by atoms with Crippen LogP contribution in [0, 0.1) is 11.3 Å². The number of para-hydroxylation sites is 2. The molecule has 0 spiro atoms. The number of hydrogen-bond donors (Lipinski definition) is 2. The van der Waals surface area contributed by atoms with E-state index in [0.29, 0.717) is 34.1 Å². The highest BCUT2D eigenvalue weighted by atomic mass is 16.5. The third-order valence-corrected chi connectivity index (χ3v) is 4.49. The van der Waals surface area contributed by atoms with Crippen molar-refractivity contribution in [2.45, 2.75) is 0 Å². The maximum absolute atomic E-state index is 9.61. The number of aromatic amines is 1. The number of imidazole rings is 1. The fourth-order valence-electron chi connectivity index (χ4n) is 3.11. The van der Waals surface area contributed by atoms with Gasteiger partial charge in [-0.1, -0.05) is 18.2 Å². The summed E-state index contributed by atoms with van der Waals surface area (Å²) in [5.41, 5.74) is 10.1. The number of nitrogens with one attached hydrogen (secondary N) is 1. The van der Waals surface area contributed by atoms with Crippen molar-refractivity contribution in [3.05, 3.63) is 54.1 Å². The predicted molar refractivity (Wildman–Crippen MR) is 107 cm³/mol. The molecular formula is C21H17N5O2. The summed E-state index contributed by atoms with van der Waals surface area (Å²) < 4.78 is 10.7. The Morgan fingerprint density at radius 1 is 1.00 bits per heavy atom. The number of nitrogens with zero attached hydrogens (tertiary/aromatic N) is 3. The topological polar surface area (TPSA) is 110 Å². The smallest absolute Gasteiger partial charge is 0.161 e. The van der Waals surface area contributed by atoms with Crippen molar-refractivity contribution in [2.24, 2.45) is 0 Å². The molecule has 4 rings (SSSR count). The summed E-state index contributed by atoms with van der Waals surface area (Å²) in [6.45, 7) is 0. The monoisotopic (exact) mass is 371 g/mol. The van der Waals surface area contributed by atoms with Gasteiger partial charge in [0, 0.05) is 5.56 Å². The van der Waals surface area contributed by atoms with E-state index in [1.54, 1.807) is 32.4 Å². The summed E-state index contributed by atoms with van der Waals surface area (Å²) in [5.74, 6) is 1.89. The largest absolute Gasteiger partial charge is 0.493 e. The molecule has 4 aromatic rings. The standard InChI is InChI=1S/C21H17N5O2/c1-27-18-8-7-12(9-19(18)28-2)13-10-17(24-20(23)14(13)11-22)21-25-15-5-3-4-6-16(15)26-21/h3-10H,1-2H3,(H2,23,24)(H,25,26). The molecule has 0 saturated carbocycles. The summed E-state index contributed by atoms with van der Waals surface area (Å²) in [4.78, 5) is 12.2. The SMILES string of the molecule is COc1ccc(-c2cc(-c3nc4ccccc4[nH]3)nc(N)c2C#N)cc1OC. The number of ether oxygens (including phenoxy) is 2. The first-order chi connectivity index (χ1) is 13.6. The average molecular weight is 371 g/mol. The Bertz CT molecular complexity index is 1190. The van der Waals surface area contributed by atoms with E-state index in [0.717, 1.165) is 16.6 Å². The minimum Gasteiger partial charge on any atom is -0.493 e. The minimum atomic E-state index is 0.144. The van der Waals surface area contributed by atoms with Crippen molar-refractivity contribution in [1.29, 1.82) is 5.26 Å². The zero-order chi connectivity index (χ0) is 19.7. The number of nitriles is 1. The molecule has 0 atom stereocenters. The van der Waals surface area contributed by atoms with Crippen molar-refractivity contribution in [2.75, 3.05) is 20.0 Å². The van der Waals surface area contributed by atoms with Crippen LogP contribution >= 0.6 is 0 Å². The minimum absolute atomic E-state index is 0.144. The van der Waals surface area contributed by atoms with Gasteiger partial charge in [0.1, 0.15) is 23.1 Å². The molecule has 7 nitrogen and oxygen atoms in total. The van der Waals surface area contributed by atoms with E-state index >= 15 is 0 Å². The van der Waals surface area contributed by atoms with Crippen LogP contribution in [0.25, 0.3) is 33.7 Å². The Labute approximate surface area is 161 Å². The van der Waals surface area contributed by atoms with Crippen molar-refractivity contribution >= 4 is 16.9 Å². The molecule has 0 aliphatic heterocycles. The molecule has 0 saturated heterocycles. The van der Waals surface area contributed by atoms with Crippen LogP contribution in [0.2, 0.25) is 0 Å². The van der Waals surface area contributed by atoms with E-state index in [9.17, 15) is 5.26 Å². The van der Waals surface area contributed by atoms with Gasteiger partial charge in [0.2, 0.25) is 0 Å². The lowest BCUT2D eigenvalue weighted by Crippen LogP contribution is -2.00. The molecule has 0 amide bonds. The molecule has 0 aliphatic rings. The van der Waals surface area contributed by atoms with Gasteiger partial charge >= 0.3 is 0 Å². The van der Waals surface area contributed by atoms with E-state index in [2.05, 4.69) is 21.0 Å². The van der Waals surface area contributed by atoms with Crippen LogP contribution in [0.5, 0.6) is 11.5 Å². The lowest BCUT2D eigenvalue weighted by molar-refractivity contribution is 0.355. The van der Waals surface area contributed by atoms with Gasteiger partial charge in [0.25, 0.3) is 0 Å². The Kier molecular flexibility index (Phi) is 4.30. The number of H-pyrrole nitrogens is 1. The summed E-state index contributed by atoms with van der Waals surface area (Å²) >= 11 is 0. The van der Waals surface area contributed by atoms with Gasteiger partial charge in [-0.05, 0) is 35.9 Å². The van der Waals surface area contributed by atoms with E-state index in [1.807, 2.05) is 30.3 Å². The van der Waals surface area contributed by atoms with Crippen LogP contribution < -0.4 is 15.2 Å². The van der Waals surface area contributed by atoms with Crippen LogP contribution in [0.4, 0.5) is 5.82 Å². The van der Waals surface area contributed by atoms with E-state index in [4.69, 9.17) is 15.2 Å². The van der Waals surface area contributed by atoms with Crippen molar-refractivity contribution in [3.8, 4) is 40.2 Å². The number of fused-ring (bicyclic) bond motifs is 1. The quantitative estimate of drug-likeness (QED) is 0.565. The maximum Gasteiger partial charge on any atom is 0.161 e. The summed E-state index contributed by atoms with van der Waals surface area (Å²) in [5, 5.41) is 9.61. The number of benzene rings is 2. The number of pyridine rings is 1. The zero-order valence-corrected chi connectivity index (χ0v) is 15.4. The van der Waals surface area contributed by atoms with Crippen molar-refractivity contribution in [3.63, 3.8) is 0 Å². The Hall–Kier alpha value is -4.05. The zero-order valence-electron chi connectivity index (χ0n) is 15.4. The molecule has 2 heterocycles. The van der Waals surface area contributed by atoms with E-state index in [1.165, 1.54) is 0 Å².